The molecule has 0 heterocycles. The molecule has 13 nitrogen and oxygen atoms in total. The third kappa shape index (κ3) is 12.2. The maximum absolute atomic E-state index is 13.2. The molecule has 0 aromatic heterocycles. The number of nitrogens with one attached hydrogen (secondary N) is 3. The van der Waals surface area contributed by atoms with E-state index >= 15 is 0 Å². The first-order valence-corrected chi connectivity index (χ1v) is 12.8. The Balaban J connectivity index is 3.08. The zero-order valence-electron chi connectivity index (χ0n) is 20.3. The van der Waals surface area contributed by atoms with Crippen LogP contribution in [0.4, 0.5) is 0 Å². The molecule has 0 spiro atoms. The van der Waals surface area contributed by atoms with Crippen LogP contribution in [0.25, 0.3) is 0 Å². The lowest BCUT2D eigenvalue weighted by Gasteiger charge is -2.25. The molecule has 1 aromatic carbocycles. The quantitative estimate of drug-likeness (QED) is 0.122. The van der Waals surface area contributed by atoms with Crippen molar-refractivity contribution in [1.82, 2.24) is 16.0 Å². The smallest absolute Gasteiger partial charge is 0.326 e. The fraction of sp³-hybridized carbons (Fsp3) is 0.478. The number of carbonyl (C=O) groups is 6. The van der Waals surface area contributed by atoms with Crippen LogP contribution in [0.1, 0.15) is 31.2 Å². The van der Waals surface area contributed by atoms with E-state index in [4.69, 9.17) is 16.6 Å². The van der Waals surface area contributed by atoms with Crippen LogP contribution in [-0.4, -0.2) is 82.0 Å². The van der Waals surface area contributed by atoms with Crippen LogP contribution in [0, 0.1) is 0 Å². The van der Waals surface area contributed by atoms with Crippen LogP contribution in [0.2, 0.25) is 0 Å². The summed E-state index contributed by atoms with van der Waals surface area (Å²) >= 11 is 1.39. The molecule has 204 valence electrons. The molecule has 9 N–H and O–H groups in total. The van der Waals surface area contributed by atoms with Gasteiger partial charge in [-0.3, -0.25) is 24.0 Å². The molecular weight excluding hydrogens is 506 g/mol. The standard InChI is InChI=1S/C23H33N5O8S/c1-37-10-9-15(21(33)27-16(23(35)36)7-8-18(25)29)26-22(34)17(11-13-5-3-2-4-6-13)28-20(32)14(24)12-19(30)31/h2-6,14-17H,7-12,24H2,1H3,(H2,25,29)(H,26,34)(H,27,33)(H,28,32)(H,30,31)(H,35,36). The van der Waals surface area contributed by atoms with Crippen LogP contribution in [0.15, 0.2) is 30.3 Å². The van der Waals surface area contributed by atoms with Gasteiger partial charge in [0, 0.05) is 12.8 Å². The summed E-state index contributed by atoms with van der Waals surface area (Å²) in [5.74, 6) is -5.33. The van der Waals surface area contributed by atoms with E-state index in [0.717, 1.165) is 0 Å². The van der Waals surface area contributed by atoms with Gasteiger partial charge in [0.15, 0.2) is 0 Å². The lowest BCUT2D eigenvalue weighted by Crippen LogP contribution is -2.57. The Labute approximate surface area is 218 Å². The van der Waals surface area contributed by atoms with Crippen LogP contribution in [-0.2, 0) is 35.2 Å². The molecule has 0 aliphatic rings. The first-order chi connectivity index (χ1) is 17.4. The largest absolute Gasteiger partial charge is 0.481 e. The van der Waals surface area contributed by atoms with E-state index in [1.165, 1.54) is 11.8 Å². The normalized spacial score (nSPS) is 13.9. The van der Waals surface area contributed by atoms with E-state index < -0.39 is 66.2 Å². The van der Waals surface area contributed by atoms with Crippen molar-refractivity contribution in [2.24, 2.45) is 11.5 Å². The van der Waals surface area contributed by atoms with Crippen molar-refractivity contribution in [1.29, 1.82) is 0 Å². The lowest BCUT2D eigenvalue weighted by molar-refractivity contribution is -0.142. The number of aliphatic carboxylic acids is 2. The fourth-order valence-corrected chi connectivity index (χ4v) is 3.68. The van der Waals surface area contributed by atoms with Gasteiger partial charge >= 0.3 is 11.9 Å². The van der Waals surface area contributed by atoms with Crippen molar-refractivity contribution in [2.75, 3.05) is 12.0 Å². The second kappa shape index (κ2) is 16.2. The molecule has 4 unspecified atom stereocenters. The number of benzene rings is 1. The topological polar surface area (TPSA) is 231 Å². The number of primary amides is 1. The molecule has 0 saturated carbocycles. The number of amides is 4. The Morgan fingerprint density at radius 1 is 0.865 bits per heavy atom. The van der Waals surface area contributed by atoms with Gasteiger partial charge in [0.05, 0.1) is 12.5 Å². The molecule has 0 aliphatic carbocycles. The maximum Gasteiger partial charge on any atom is 0.326 e. The number of hydrogen-bond donors (Lipinski definition) is 7. The fourth-order valence-electron chi connectivity index (χ4n) is 3.21. The Kier molecular flexibility index (Phi) is 13.7. The van der Waals surface area contributed by atoms with Crippen molar-refractivity contribution in [3.05, 3.63) is 35.9 Å². The molecular formula is C23H33N5O8S. The van der Waals surface area contributed by atoms with Gasteiger partial charge in [-0.2, -0.15) is 11.8 Å². The van der Waals surface area contributed by atoms with Gasteiger partial charge < -0.3 is 37.6 Å². The third-order valence-electron chi connectivity index (χ3n) is 5.18. The van der Waals surface area contributed by atoms with Gasteiger partial charge in [-0.25, -0.2) is 4.79 Å². The number of carboxylic acids is 2. The average molecular weight is 540 g/mol. The summed E-state index contributed by atoms with van der Waals surface area (Å²) in [6, 6.07) is 3.51. The highest BCUT2D eigenvalue weighted by Crippen LogP contribution is 2.08. The summed E-state index contributed by atoms with van der Waals surface area (Å²) in [4.78, 5) is 72.0. The molecule has 4 amide bonds. The average Bonchev–Trinajstić information content (AvgIpc) is 2.83. The minimum Gasteiger partial charge on any atom is -0.481 e. The van der Waals surface area contributed by atoms with Crippen molar-refractivity contribution < 1.29 is 39.0 Å². The van der Waals surface area contributed by atoms with Crippen molar-refractivity contribution in [2.45, 2.75) is 56.3 Å². The van der Waals surface area contributed by atoms with E-state index in [-0.39, 0.29) is 25.7 Å². The molecule has 0 radical (unpaired) electrons. The summed E-state index contributed by atoms with van der Waals surface area (Å²) in [6.07, 6.45) is 0.809. The summed E-state index contributed by atoms with van der Waals surface area (Å²) in [6.45, 7) is 0. The number of nitrogens with two attached hydrogens (primary N) is 2. The number of carboxylic acid groups (broad SMARTS) is 2. The van der Waals surface area contributed by atoms with Gasteiger partial charge in [0.25, 0.3) is 0 Å². The Morgan fingerprint density at radius 3 is 1.97 bits per heavy atom. The van der Waals surface area contributed by atoms with E-state index in [1.807, 2.05) is 0 Å². The molecule has 0 fully saturated rings. The van der Waals surface area contributed by atoms with E-state index in [0.29, 0.717) is 11.3 Å². The summed E-state index contributed by atoms with van der Waals surface area (Å²) in [7, 11) is 0. The zero-order chi connectivity index (χ0) is 28.0. The van der Waals surface area contributed by atoms with Crippen LogP contribution in [0.5, 0.6) is 0 Å². The minimum atomic E-state index is -1.40. The SMILES string of the molecule is CSCCC(NC(=O)C(Cc1ccccc1)NC(=O)C(N)CC(=O)O)C(=O)NC(CCC(N)=O)C(=O)O. The second-order valence-electron chi connectivity index (χ2n) is 8.20. The predicted octanol–water partition coefficient (Wildman–Crippen LogP) is -1.41. The van der Waals surface area contributed by atoms with Crippen molar-refractivity contribution in [3.63, 3.8) is 0 Å². The summed E-state index contributed by atoms with van der Waals surface area (Å²) in [5.41, 5.74) is 11.4. The highest BCUT2D eigenvalue weighted by atomic mass is 32.2. The molecule has 0 saturated heterocycles. The Hall–Kier alpha value is -3.65. The van der Waals surface area contributed by atoms with Crippen molar-refractivity contribution >= 4 is 47.3 Å². The molecule has 0 bridgehead atoms. The highest BCUT2D eigenvalue weighted by molar-refractivity contribution is 7.98. The molecule has 0 aliphatic heterocycles. The zero-order valence-corrected chi connectivity index (χ0v) is 21.2. The van der Waals surface area contributed by atoms with E-state index in [1.54, 1.807) is 36.6 Å². The minimum absolute atomic E-state index is 0.0193. The summed E-state index contributed by atoms with van der Waals surface area (Å²) in [5, 5.41) is 25.6. The molecule has 14 heteroatoms. The lowest BCUT2D eigenvalue weighted by atomic mass is 10.0. The highest BCUT2D eigenvalue weighted by Gasteiger charge is 2.30. The Bertz CT molecular complexity index is 962. The third-order valence-corrected chi connectivity index (χ3v) is 5.83. The van der Waals surface area contributed by atoms with E-state index in [9.17, 15) is 33.9 Å². The van der Waals surface area contributed by atoms with E-state index in [2.05, 4.69) is 16.0 Å². The van der Waals surface area contributed by atoms with Gasteiger partial charge in [-0.05, 0) is 30.4 Å². The maximum atomic E-state index is 13.2. The number of hydrogen-bond acceptors (Lipinski definition) is 8. The van der Waals surface area contributed by atoms with Crippen molar-refractivity contribution in [3.8, 4) is 0 Å². The van der Waals surface area contributed by atoms with Gasteiger partial charge in [-0.15, -0.1) is 0 Å². The first-order valence-electron chi connectivity index (χ1n) is 11.4. The Morgan fingerprint density at radius 2 is 1.43 bits per heavy atom. The summed E-state index contributed by atoms with van der Waals surface area (Å²) < 4.78 is 0. The number of rotatable bonds is 17. The molecule has 37 heavy (non-hydrogen) atoms. The first kappa shape index (κ1) is 31.4. The number of carbonyl (C=O) groups excluding carboxylic acids is 4. The van der Waals surface area contributed by atoms with Gasteiger partial charge in [-0.1, -0.05) is 30.3 Å². The van der Waals surface area contributed by atoms with Crippen LogP contribution < -0.4 is 27.4 Å². The van der Waals surface area contributed by atoms with Crippen LogP contribution >= 0.6 is 11.8 Å². The number of thioether (sulfide) groups is 1. The molecule has 1 aromatic rings. The second-order valence-corrected chi connectivity index (χ2v) is 9.19. The molecule has 1 rings (SSSR count). The monoisotopic (exact) mass is 539 g/mol. The predicted molar refractivity (Wildman–Crippen MR) is 135 cm³/mol. The van der Waals surface area contributed by atoms with Crippen LogP contribution in [0.3, 0.4) is 0 Å². The van der Waals surface area contributed by atoms with Gasteiger partial charge in [0.2, 0.25) is 23.6 Å². The van der Waals surface area contributed by atoms with Gasteiger partial charge in [0.1, 0.15) is 18.1 Å². The molecule has 4 atom stereocenters.